The van der Waals surface area contributed by atoms with Crippen LogP contribution in [0.1, 0.15) is 17.6 Å². The predicted octanol–water partition coefficient (Wildman–Crippen LogP) is 1.55. The molecule has 0 bridgehead atoms. The molecule has 0 aromatic carbocycles. The molecule has 114 valence electrons. The van der Waals surface area contributed by atoms with E-state index in [0.717, 1.165) is 0 Å². The molecule has 1 aliphatic heterocycles. The van der Waals surface area contributed by atoms with Crippen LogP contribution in [-0.2, 0) is 10.0 Å². The fourth-order valence-corrected chi connectivity index (χ4v) is 5.21. The van der Waals surface area contributed by atoms with Crippen LogP contribution in [0, 0.1) is 12.8 Å². The van der Waals surface area contributed by atoms with Gasteiger partial charge in [0.1, 0.15) is 10.0 Å². The molecule has 2 atom stereocenters. The fraction of sp³-hybridized carbons (Fsp3) is 0.500. The van der Waals surface area contributed by atoms with Crippen molar-refractivity contribution in [3.8, 4) is 0 Å². The molecule has 1 N–H and O–H groups in total. The number of alkyl halides is 1. The van der Waals surface area contributed by atoms with Crippen molar-refractivity contribution in [2.45, 2.75) is 17.1 Å². The lowest BCUT2D eigenvalue weighted by atomic mass is 9.97. The topological polar surface area (TPSA) is 79.0 Å². The third-order valence-corrected chi connectivity index (χ3v) is 6.85. The van der Waals surface area contributed by atoms with Gasteiger partial charge in [0.25, 0.3) is 10.0 Å². The molecule has 2 aromatic rings. The molecule has 0 spiro atoms. The Kier molecular flexibility index (Phi) is 3.80. The Hall–Kier alpha value is -1.32. The number of aromatic amines is 1. The maximum Gasteiger partial charge on any atom is 0.252 e. The molecule has 9 heteroatoms. The molecule has 1 fully saturated rings. The highest BCUT2D eigenvalue weighted by Crippen LogP contribution is 2.35. The zero-order chi connectivity index (χ0) is 15.0. The van der Waals surface area contributed by atoms with Crippen LogP contribution >= 0.6 is 11.3 Å². The van der Waals surface area contributed by atoms with E-state index in [1.807, 2.05) is 0 Å². The maximum atomic E-state index is 13.3. The summed E-state index contributed by atoms with van der Waals surface area (Å²) in [6.45, 7) is 1.55. The number of hydrogen-bond acceptors (Lipinski definition) is 5. The molecule has 0 unspecified atom stereocenters. The molecule has 3 rings (SSSR count). The van der Waals surface area contributed by atoms with E-state index in [2.05, 4.69) is 15.2 Å². The quantitative estimate of drug-likeness (QED) is 0.922. The summed E-state index contributed by atoms with van der Waals surface area (Å²) < 4.78 is 39.9. The number of halogens is 1. The van der Waals surface area contributed by atoms with Crippen LogP contribution in [0.3, 0.4) is 0 Å². The molecule has 2 aromatic heterocycles. The first kappa shape index (κ1) is 14.6. The highest BCUT2D eigenvalue weighted by molar-refractivity contribution is 7.91. The monoisotopic (exact) mass is 330 g/mol. The van der Waals surface area contributed by atoms with E-state index in [1.54, 1.807) is 24.4 Å². The van der Waals surface area contributed by atoms with Crippen molar-refractivity contribution in [2.24, 2.45) is 5.92 Å². The van der Waals surface area contributed by atoms with Gasteiger partial charge >= 0.3 is 0 Å². The van der Waals surface area contributed by atoms with Crippen LogP contribution in [0.25, 0.3) is 0 Å². The van der Waals surface area contributed by atoms with Crippen LogP contribution < -0.4 is 0 Å². The summed E-state index contributed by atoms with van der Waals surface area (Å²) in [5.41, 5.74) is 0. The Labute approximate surface area is 126 Å². The van der Waals surface area contributed by atoms with Gasteiger partial charge in [-0.3, -0.25) is 9.49 Å². The third-order valence-electron chi connectivity index (χ3n) is 3.64. The SMILES string of the molecule is Cc1nc([C@@H]2CN(S(=O)(=O)c3cccs3)C[C@H]2CF)n[nH]1. The summed E-state index contributed by atoms with van der Waals surface area (Å²) in [6, 6.07) is 3.26. The highest BCUT2D eigenvalue weighted by atomic mass is 32.2. The normalized spacial score (nSPS) is 23.7. The van der Waals surface area contributed by atoms with Gasteiger partial charge in [-0.05, 0) is 18.4 Å². The molecule has 0 aliphatic carbocycles. The van der Waals surface area contributed by atoms with Crippen molar-refractivity contribution < 1.29 is 12.8 Å². The lowest BCUT2D eigenvalue weighted by Crippen LogP contribution is -2.28. The Morgan fingerprint density at radius 2 is 2.33 bits per heavy atom. The number of aromatic nitrogens is 3. The van der Waals surface area contributed by atoms with Gasteiger partial charge in [0.05, 0.1) is 6.67 Å². The maximum absolute atomic E-state index is 13.3. The molecule has 0 radical (unpaired) electrons. The van der Waals surface area contributed by atoms with E-state index < -0.39 is 22.6 Å². The van der Waals surface area contributed by atoms with Gasteiger partial charge in [-0.25, -0.2) is 13.4 Å². The van der Waals surface area contributed by atoms with Gasteiger partial charge in [-0.15, -0.1) is 11.3 Å². The van der Waals surface area contributed by atoms with Gasteiger partial charge in [0.15, 0.2) is 5.82 Å². The standard InChI is InChI=1S/C12H15FN4O2S2/c1-8-14-12(16-15-8)10-7-17(6-9(10)5-13)21(18,19)11-3-2-4-20-11/h2-4,9-10H,5-7H2,1H3,(H,14,15,16)/t9-,10-/m1/s1. The number of aryl methyl sites for hydroxylation is 1. The average Bonchev–Trinajstić information content (AvgIpc) is 3.18. The lowest BCUT2D eigenvalue weighted by Gasteiger charge is -2.14. The first-order chi connectivity index (χ1) is 10.0. The van der Waals surface area contributed by atoms with Crippen LogP contribution in [0.2, 0.25) is 0 Å². The van der Waals surface area contributed by atoms with E-state index in [9.17, 15) is 12.8 Å². The summed E-state index contributed by atoms with van der Waals surface area (Å²) in [4.78, 5) is 4.22. The third kappa shape index (κ3) is 2.60. The molecular weight excluding hydrogens is 315 g/mol. The number of hydrogen-bond donors (Lipinski definition) is 1. The first-order valence-corrected chi connectivity index (χ1v) is 8.83. The lowest BCUT2D eigenvalue weighted by molar-refractivity contribution is 0.346. The highest BCUT2D eigenvalue weighted by Gasteiger charge is 2.42. The molecule has 1 saturated heterocycles. The van der Waals surface area contributed by atoms with Crippen LogP contribution in [-0.4, -0.2) is 47.7 Å². The van der Waals surface area contributed by atoms with Crippen molar-refractivity contribution in [1.82, 2.24) is 19.5 Å². The van der Waals surface area contributed by atoms with Crippen LogP contribution in [0.4, 0.5) is 4.39 Å². The van der Waals surface area contributed by atoms with E-state index >= 15 is 0 Å². The number of H-pyrrole nitrogens is 1. The van der Waals surface area contributed by atoms with Crippen molar-refractivity contribution in [1.29, 1.82) is 0 Å². The summed E-state index contributed by atoms with van der Waals surface area (Å²) in [5.74, 6) is 0.408. The number of nitrogens with zero attached hydrogens (tertiary/aromatic N) is 3. The Morgan fingerprint density at radius 1 is 1.52 bits per heavy atom. The van der Waals surface area contributed by atoms with E-state index in [-0.39, 0.29) is 23.2 Å². The van der Waals surface area contributed by atoms with Gasteiger partial charge in [-0.1, -0.05) is 6.07 Å². The molecule has 1 aliphatic rings. The Bertz CT molecular complexity index is 713. The second kappa shape index (κ2) is 5.47. The number of sulfonamides is 1. The average molecular weight is 330 g/mol. The Balaban J connectivity index is 1.88. The molecular formula is C12H15FN4O2S2. The second-order valence-corrected chi connectivity index (χ2v) is 8.17. The van der Waals surface area contributed by atoms with Crippen LogP contribution in [0.15, 0.2) is 21.7 Å². The molecule has 21 heavy (non-hydrogen) atoms. The number of nitrogens with one attached hydrogen (secondary N) is 1. The summed E-state index contributed by atoms with van der Waals surface area (Å²) in [6.07, 6.45) is 0. The van der Waals surface area contributed by atoms with Gasteiger partial charge in [0, 0.05) is 24.9 Å². The summed E-state index contributed by atoms with van der Waals surface area (Å²) in [5, 5.41) is 8.49. The van der Waals surface area contributed by atoms with Gasteiger partial charge in [-0.2, -0.15) is 9.40 Å². The van der Waals surface area contributed by atoms with Gasteiger partial charge < -0.3 is 0 Å². The minimum absolute atomic E-state index is 0.162. The zero-order valence-corrected chi connectivity index (χ0v) is 13.0. The number of rotatable bonds is 4. The summed E-state index contributed by atoms with van der Waals surface area (Å²) >= 11 is 1.17. The van der Waals surface area contributed by atoms with Gasteiger partial charge in [0.2, 0.25) is 0 Å². The fourth-order valence-electron chi connectivity index (χ4n) is 2.54. The van der Waals surface area contributed by atoms with Crippen molar-refractivity contribution in [2.75, 3.05) is 19.8 Å². The first-order valence-electron chi connectivity index (χ1n) is 6.51. The summed E-state index contributed by atoms with van der Waals surface area (Å²) in [7, 11) is -3.55. The largest absolute Gasteiger partial charge is 0.263 e. The van der Waals surface area contributed by atoms with E-state index in [1.165, 1.54) is 15.6 Å². The molecule has 6 nitrogen and oxygen atoms in total. The second-order valence-electron chi connectivity index (χ2n) is 5.05. The molecule has 0 saturated carbocycles. The van der Waals surface area contributed by atoms with E-state index in [0.29, 0.717) is 11.6 Å². The Morgan fingerprint density at radius 3 is 2.90 bits per heavy atom. The molecule has 3 heterocycles. The minimum atomic E-state index is -3.55. The van der Waals surface area contributed by atoms with Crippen molar-refractivity contribution in [3.63, 3.8) is 0 Å². The number of thiophene rings is 1. The zero-order valence-electron chi connectivity index (χ0n) is 11.4. The van der Waals surface area contributed by atoms with Crippen molar-refractivity contribution in [3.05, 3.63) is 29.2 Å². The van der Waals surface area contributed by atoms with Crippen LogP contribution in [0.5, 0.6) is 0 Å². The predicted molar refractivity (Wildman–Crippen MR) is 76.4 cm³/mol. The van der Waals surface area contributed by atoms with Crippen molar-refractivity contribution >= 4 is 21.4 Å². The molecule has 0 amide bonds. The smallest absolute Gasteiger partial charge is 0.252 e. The minimum Gasteiger partial charge on any atom is -0.263 e. The van der Waals surface area contributed by atoms with E-state index in [4.69, 9.17) is 0 Å².